The van der Waals surface area contributed by atoms with Crippen LogP contribution >= 0.6 is 11.6 Å². The Hall–Kier alpha value is -2.98. The fraction of sp³-hybridized carbons (Fsp3) is 0.174. The van der Waals surface area contributed by atoms with Gasteiger partial charge in [0.2, 0.25) is 5.95 Å². The van der Waals surface area contributed by atoms with Crippen molar-refractivity contribution >= 4 is 28.6 Å². The van der Waals surface area contributed by atoms with Crippen LogP contribution in [0.4, 0.5) is 5.95 Å². The first-order valence-corrected chi connectivity index (χ1v) is 9.73. The van der Waals surface area contributed by atoms with Gasteiger partial charge >= 0.3 is 0 Å². The van der Waals surface area contributed by atoms with E-state index in [9.17, 15) is 0 Å². The summed E-state index contributed by atoms with van der Waals surface area (Å²) in [6, 6.07) is 25.0. The third-order valence-electron chi connectivity index (χ3n) is 5.44. The number of hydrogen-bond donors (Lipinski definition) is 1. The number of rotatable bonds is 3. The summed E-state index contributed by atoms with van der Waals surface area (Å²) < 4.78 is 7.65. The van der Waals surface area contributed by atoms with Crippen LogP contribution in [0.2, 0.25) is 5.02 Å². The van der Waals surface area contributed by atoms with Crippen LogP contribution in [0.5, 0.6) is 5.75 Å². The summed E-state index contributed by atoms with van der Waals surface area (Å²) in [5.41, 5.74) is 4.59. The minimum Gasteiger partial charge on any atom is -0.497 e. The van der Waals surface area contributed by atoms with Crippen molar-refractivity contribution < 1.29 is 4.74 Å². The topological polar surface area (TPSA) is 39.1 Å². The Morgan fingerprint density at radius 1 is 0.964 bits per heavy atom. The molecular formula is C23H20ClN3O. The molecular weight excluding hydrogens is 370 g/mol. The Labute approximate surface area is 168 Å². The summed E-state index contributed by atoms with van der Waals surface area (Å²) in [5.74, 6) is 1.76. The van der Waals surface area contributed by atoms with Gasteiger partial charge in [0.25, 0.3) is 0 Å². The minimum atomic E-state index is 0.161. The van der Waals surface area contributed by atoms with Gasteiger partial charge in [-0.25, -0.2) is 4.98 Å². The highest BCUT2D eigenvalue weighted by Gasteiger charge is 2.30. The van der Waals surface area contributed by atoms with Crippen molar-refractivity contribution in [3.8, 4) is 5.75 Å². The van der Waals surface area contributed by atoms with Gasteiger partial charge in [0.1, 0.15) is 5.75 Å². The number of methoxy groups -OCH3 is 1. The molecule has 0 fully saturated rings. The molecule has 0 bridgehead atoms. The Balaban J connectivity index is 1.63. The van der Waals surface area contributed by atoms with Crippen molar-refractivity contribution in [3.63, 3.8) is 0 Å². The number of imidazole rings is 1. The summed E-state index contributed by atoms with van der Waals surface area (Å²) >= 11 is 6.09. The molecule has 1 N–H and O–H groups in total. The molecule has 1 aliphatic rings. The number of ether oxygens (including phenoxy) is 1. The van der Waals surface area contributed by atoms with Crippen molar-refractivity contribution in [2.24, 2.45) is 0 Å². The zero-order chi connectivity index (χ0) is 19.1. The number of benzene rings is 3. The predicted molar refractivity (Wildman–Crippen MR) is 113 cm³/mol. The molecule has 0 aliphatic carbocycles. The van der Waals surface area contributed by atoms with E-state index in [1.807, 2.05) is 30.3 Å². The van der Waals surface area contributed by atoms with Crippen LogP contribution in [-0.4, -0.2) is 16.7 Å². The molecule has 2 atom stereocenters. The average Bonchev–Trinajstić information content (AvgIpc) is 3.12. The molecule has 5 heteroatoms. The fourth-order valence-corrected chi connectivity index (χ4v) is 4.16. The van der Waals surface area contributed by atoms with E-state index in [2.05, 4.69) is 52.3 Å². The number of aromatic nitrogens is 2. The van der Waals surface area contributed by atoms with E-state index in [-0.39, 0.29) is 12.1 Å². The smallest absolute Gasteiger partial charge is 0.204 e. The molecule has 4 nitrogen and oxygen atoms in total. The van der Waals surface area contributed by atoms with Gasteiger partial charge in [-0.3, -0.25) is 0 Å². The molecule has 2 heterocycles. The third-order valence-corrected chi connectivity index (χ3v) is 5.69. The van der Waals surface area contributed by atoms with E-state index >= 15 is 0 Å². The molecule has 0 saturated carbocycles. The normalized spacial score (nSPS) is 18.5. The lowest BCUT2D eigenvalue weighted by atomic mass is 9.93. The molecule has 1 aromatic heterocycles. The minimum absolute atomic E-state index is 0.161. The maximum Gasteiger partial charge on any atom is 0.204 e. The predicted octanol–water partition coefficient (Wildman–Crippen LogP) is 5.84. The molecule has 0 amide bonds. The average molecular weight is 390 g/mol. The maximum absolute atomic E-state index is 6.09. The second-order valence-corrected chi connectivity index (χ2v) is 7.50. The monoisotopic (exact) mass is 389 g/mol. The number of para-hydroxylation sites is 2. The first-order chi connectivity index (χ1) is 13.7. The van der Waals surface area contributed by atoms with Crippen molar-refractivity contribution in [1.29, 1.82) is 0 Å². The Morgan fingerprint density at radius 2 is 1.68 bits per heavy atom. The number of anilines is 1. The zero-order valence-corrected chi connectivity index (χ0v) is 16.2. The SMILES string of the molecule is COc1ccc(C2CC(c3ccc(Cl)cc3)Nc3nc4ccccc4n32)cc1. The lowest BCUT2D eigenvalue weighted by molar-refractivity contribution is 0.414. The molecule has 0 radical (unpaired) electrons. The van der Waals surface area contributed by atoms with E-state index in [4.69, 9.17) is 21.3 Å². The lowest BCUT2D eigenvalue weighted by Gasteiger charge is -2.33. The van der Waals surface area contributed by atoms with Crippen molar-refractivity contribution in [2.75, 3.05) is 12.4 Å². The second kappa shape index (κ2) is 6.88. The van der Waals surface area contributed by atoms with E-state index < -0.39 is 0 Å². The Morgan fingerprint density at radius 3 is 2.43 bits per heavy atom. The lowest BCUT2D eigenvalue weighted by Crippen LogP contribution is -2.27. The van der Waals surface area contributed by atoms with Crippen LogP contribution in [0.1, 0.15) is 29.6 Å². The summed E-state index contributed by atoms with van der Waals surface area (Å²) in [7, 11) is 1.69. The molecule has 0 spiro atoms. The standard InChI is InChI=1S/C23H20ClN3O/c1-28-18-12-8-16(9-13-18)22-14-20(15-6-10-17(24)11-7-15)26-23-25-19-4-2-3-5-21(19)27(22)23/h2-13,20,22H,14H2,1H3,(H,25,26). The second-order valence-electron chi connectivity index (χ2n) is 7.07. The molecule has 2 unspecified atom stereocenters. The van der Waals surface area contributed by atoms with Crippen LogP contribution in [-0.2, 0) is 0 Å². The van der Waals surface area contributed by atoms with Gasteiger partial charge in [0, 0.05) is 5.02 Å². The quantitative estimate of drug-likeness (QED) is 0.478. The third kappa shape index (κ3) is 2.90. The summed E-state index contributed by atoms with van der Waals surface area (Å²) in [6.45, 7) is 0. The first-order valence-electron chi connectivity index (χ1n) is 9.36. The van der Waals surface area contributed by atoms with Gasteiger partial charge < -0.3 is 14.6 Å². The van der Waals surface area contributed by atoms with Gasteiger partial charge in [-0.2, -0.15) is 0 Å². The van der Waals surface area contributed by atoms with Gasteiger partial charge in [-0.1, -0.05) is 48.0 Å². The van der Waals surface area contributed by atoms with Crippen LogP contribution in [0, 0.1) is 0 Å². The summed E-state index contributed by atoms with van der Waals surface area (Å²) in [6.07, 6.45) is 0.918. The molecule has 0 saturated heterocycles. The van der Waals surface area contributed by atoms with E-state index in [1.165, 1.54) is 11.1 Å². The summed E-state index contributed by atoms with van der Waals surface area (Å²) in [4.78, 5) is 4.86. The number of nitrogens with zero attached hydrogens (tertiary/aromatic N) is 2. The molecule has 5 rings (SSSR count). The van der Waals surface area contributed by atoms with Gasteiger partial charge in [-0.15, -0.1) is 0 Å². The molecule has 4 aromatic rings. The number of fused-ring (bicyclic) bond motifs is 3. The van der Waals surface area contributed by atoms with Crippen molar-refractivity contribution in [1.82, 2.24) is 9.55 Å². The number of nitrogens with one attached hydrogen (secondary N) is 1. The largest absolute Gasteiger partial charge is 0.497 e. The van der Waals surface area contributed by atoms with E-state index in [0.29, 0.717) is 0 Å². The van der Waals surface area contributed by atoms with Gasteiger partial charge in [0.05, 0.1) is 30.2 Å². The van der Waals surface area contributed by atoms with Crippen LogP contribution in [0.15, 0.2) is 72.8 Å². The number of hydrogen-bond acceptors (Lipinski definition) is 3. The highest BCUT2D eigenvalue weighted by Crippen LogP contribution is 2.41. The first kappa shape index (κ1) is 17.1. The highest BCUT2D eigenvalue weighted by atomic mass is 35.5. The maximum atomic E-state index is 6.09. The van der Waals surface area contributed by atoms with E-state index in [0.717, 1.165) is 34.2 Å². The van der Waals surface area contributed by atoms with Crippen LogP contribution in [0.3, 0.4) is 0 Å². The number of halogens is 1. The molecule has 3 aromatic carbocycles. The molecule has 1 aliphatic heterocycles. The van der Waals surface area contributed by atoms with Crippen LogP contribution < -0.4 is 10.1 Å². The van der Waals surface area contributed by atoms with Gasteiger partial charge in [0.15, 0.2) is 0 Å². The van der Waals surface area contributed by atoms with Crippen molar-refractivity contribution in [2.45, 2.75) is 18.5 Å². The highest BCUT2D eigenvalue weighted by molar-refractivity contribution is 6.30. The fourth-order valence-electron chi connectivity index (χ4n) is 4.03. The Bertz CT molecular complexity index is 1120. The van der Waals surface area contributed by atoms with E-state index in [1.54, 1.807) is 7.11 Å². The Kier molecular flexibility index (Phi) is 4.21. The molecule has 28 heavy (non-hydrogen) atoms. The van der Waals surface area contributed by atoms with Crippen molar-refractivity contribution in [3.05, 3.63) is 88.9 Å². The molecule has 140 valence electrons. The van der Waals surface area contributed by atoms with Crippen LogP contribution in [0.25, 0.3) is 11.0 Å². The van der Waals surface area contributed by atoms with Gasteiger partial charge in [-0.05, 0) is 53.9 Å². The summed E-state index contributed by atoms with van der Waals surface area (Å²) in [5, 5.41) is 4.38. The zero-order valence-electron chi connectivity index (χ0n) is 15.5.